The third-order valence-corrected chi connectivity index (χ3v) is 7.67. The summed E-state index contributed by atoms with van der Waals surface area (Å²) >= 11 is 1.15. The van der Waals surface area contributed by atoms with Gasteiger partial charge >= 0.3 is 12.1 Å². The van der Waals surface area contributed by atoms with Crippen LogP contribution in [0.4, 0.5) is 22.7 Å². The second-order valence-corrected chi connectivity index (χ2v) is 11.2. The first-order valence-corrected chi connectivity index (χ1v) is 13.3. The number of aliphatic carboxylic acids is 1. The van der Waals surface area contributed by atoms with Crippen molar-refractivity contribution in [3.05, 3.63) is 52.8 Å². The second kappa shape index (κ2) is 10.7. The van der Waals surface area contributed by atoms with Crippen molar-refractivity contribution in [1.29, 1.82) is 0 Å². The zero-order chi connectivity index (χ0) is 27.8. The van der Waals surface area contributed by atoms with E-state index >= 15 is 0 Å². The van der Waals surface area contributed by atoms with Crippen LogP contribution in [0.25, 0.3) is 10.2 Å². The summed E-state index contributed by atoms with van der Waals surface area (Å²) in [6.45, 7) is 9.70. The first-order chi connectivity index (χ1) is 17.8. The van der Waals surface area contributed by atoms with Gasteiger partial charge in [0.2, 0.25) is 0 Å². The molecule has 0 unspecified atom stereocenters. The molecule has 11 heteroatoms. The van der Waals surface area contributed by atoms with Gasteiger partial charge in [0.05, 0.1) is 15.8 Å². The van der Waals surface area contributed by atoms with Crippen LogP contribution >= 0.6 is 11.3 Å². The number of fused-ring (bicyclic) bond motifs is 1. The number of carboxylic acids is 1. The summed E-state index contributed by atoms with van der Waals surface area (Å²) in [6.07, 6.45) is -2.98. The number of hydrogen-bond donors (Lipinski definition) is 1. The van der Waals surface area contributed by atoms with Gasteiger partial charge in [-0.15, -0.1) is 0 Å². The minimum absolute atomic E-state index is 0.0905. The number of piperazine rings is 1. The Kier molecular flexibility index (Phi) is 7.90. The maximum absolute atomic E-state index is 14.1. The Balaban J connectivity index is 1.52. The van der Waals surface area contributed by atoms with Gasteiger partial charge in [-0.25, -0.2) is 14.2 Å². The Morgan fingerprint density at radius 3 is 2.58 bits per heavy atom. The lowest BCUT2D eigenvalue weighted by atomic mass is 10.1. The monoisotopic (exact) mass is 553 g/mol. The van der Waals surface area contributed by atoms with Crippen molar-refractivity contribution in [3.63, 3.8) is 0 Å². The normalized spacial score (nSPS) is 17.3. The highest BCUT2D eigenvalue weighted by molar-refractivity contribution is 7.22. The number of halogens is 4. The number of benzene rings is 2. The quantitative estimate of drug-likeness (QED) is 0.322. The number of nitrogens with zero attached hydrogens (tertiary/aromatic N) is 3. The van der Waals surface area contributed by atoms with E-state index < -0.39 is 29.1 Å². The molecule has 206 valence electrons. The van der Waals surface area contributed by atoms with Crippen LogP contribution in [0.15, 0.2) is 30.3 Å². The molecule has 1 fully saturated rings. The molecule has 6 nitrogen and oxygen atoms in total. The molecule has 2 aromatic carbocycles. The van der Waals surface area contributed by atoms with E-state index in [1.54, 1.807) is 0 Å². The van der Waals surface area contributed by atoms with Crippen LogP contribution in [-0.4, -0.2) is 52.2 Å². The maximum atomic E-state index is 14.1. The highest BCUT2D eigenvalue weighted by Crippen LogP contribution is 2.38. The van der Waals surface area contributed by atoms with Gasteiger partial charge in [-0.05, 0) is 56.5 Å². The Hall–Kier alpha value is -2.92. The summed E-state index contributed by atoms with van der Waals surface area (Å²) in [5.74, 6) is -1.87. The molecule has 0 radical (unpaired) electrons. The highest BCUT2D eigenvalue weighted by Gasteiger charge is 2.35. The average Bonchev–Trinajstić information content (AvgIpc) is 3.20. The van der Waals surface area contributed by atoms with E-state index in [9.17, 15) is 27.5 Å². The number of ether oxygens (including phenoxy) is 1. The van der Waals surface area contributed by atoms with Crippen LogP contribution in [0.5, 0.6) is 5.75 Å². The summed E-state index contributed by atoms with van der Waals surface area (Å²) in [4.78, 5) is 20.4. The molecule has 4 rings (SSSR count). The molecule has 1 aliphatic heterocycles. The molecule has 0 spiro atoms. The van der Waals surface area contributed by atoms with Crippen LogP contribution in [0, 0.1) is 12.7 Å². The lowest BCUT2D eigenvalue weighted by molar-refractivity contribution is -0.152. The van der Waals surface area contributed by atoms with Crippen molar-refractivity contribution in [3.8, 4) is 5.75 Å². The second-order valence-electron chi connectivity index (χ2n) is 10.2. The van der Waals surface area contributed by atoms with Gasteiger partial charge in [-0.3, -0.25) is 4.90 Å². The number of carbonyl (C=O) groups is 1. The molecule has 38 heavy (non-hydrogen) atoms. The molecule has 1 N–H and O–H groups in total. The van der Waals surface area contributed by atoms with Gasteiger partial charge in [-0.1, -0.05) is 30.7 Å². The fourth-order valence-electron chi connectivity index (χ4n) is 4.74. The number of hydrogen-bond acceptors (Lipinski definition) is 6. The van der Waals surface area contributed by atoms with Gasteiger partial charge in [0.15, 0.2) is 10.7 Å². The maximum Gasteiger partial charge on any atom is 0.419 e. The molecule has 2 heterocycles. The third-order valence-electron chi connectivity index (χ3n) is 6.61. The molecule has 0 aliphatic carbocycles. The molecule has 0 bridgehead atoms. The average molecular weight is 554 g/mol. The first-order valence-electron chi connectivity index (χ1n) is 12.5. The van der Waals surface area contributed by atoms with E-state index in [-0.39, 0.29) is 11.6 Å². The molecular formula is C27H31F4N3O3S. The van der Waals surface area contributed by atoms with Gasteiger partial charge in [0, 0.05) is 38.3 Å². The van der Waals surface area contributed by atoms with E-state index in [4.69, 9.17) is 4.74 Å². The van der Waals surface area contributed by atoms with E-state index in [2.05, 4.69) is 21.7 Å². The van der Waals surface area contributed by atoms with Crippen LogP contribution < -0.4 is 9.64 Å². The number of rotatable bonds is 8. The van der Waals surface area contributed by atoms with Gasteiger partial charge < -0.3 is 14.7 Å². The number of anilines is 1. The number of carboxylic acid groups (broad SMARTS) is 1. The highest BCUT2D eigenvalue weighted by atomic mass is 32.1. The molecule has 3 aromatic rings. The minimum Gasteiger partial charge on any atom is -0.478 e. The predicted octanol–water partition coefficient (Wildman–Crippen LogP) is 6.50. The third kappa shape index (κ3) is 6.20. The largest absolute Gasteiger partial charge is 0.478 e. The first kappa shape index (κ1) is 28.1. The Morgan fingerprint density at radius 1 is 1.18 bits per heavy atom. The van der Waals surface area contributed by atoms with E-state index in [1.807, 2.05) is 25.1 Å². The smallest absolute Gasteiger partial charge is 0.419 e. The summed E-state index contributed by atoms with van der Waals surface area (Å²) in [6, 6.07) is 7.52. The Bertz CT molecular complexity index is 1320. The van der Waals surface area contributed by atoms with Crippen molar-refractivity contribution in [1.82, 2.24) is 9.88 Å². The summed E-state index contributed by atoms with van der Waals surface area (Å²) in [5.41, 5.74) is -0.445. The Labute approximate surface area is 222 Å². The lowest BCUT2D eigenvalue weighted by Gasteiger charge is -2.41. The standard InChI is InChI=1S/C27H31F4N3O3S/c1-5-6-18-15-33(14-17-9-16(2)10-19(11-17)37-26(3,4)24(35)36)7-8-34(18)25-32-22-13-21(28)20(27(29,30)31)12-23(22)38-25/h9-13,18H,5-8,14-15H2,1-4H3,(H,35,36)/t18-/m1/s1. The number of alkyl halides is 3. The van der Waals surface area contributed by atoms with Crippen LogP contribution in [-0.2, 0) is 17.5 Å². The molecule has 1 saturated heterocycles. The fraction of sp³-hybridized carbons (Fsp3) is 0.481. The molecule has 1 aliphatic rings. The van der Waals surface area contributed by atoms with Crippen molar-refractivity contribution < 1.29 is 32.2 Å². The molecule has 0 saturated carbocycles. The van der Waals surface area contributed by atoms with Gasteiger partial charge in [0.25, 0.3) is 0 Å². The molecule has 0 amide bonds. The van der Waals surface area contributed by atoms with Crippen molar-refractivity contribution in [2.45, 2.75) is 64.9 Å². The summed E-state index contributed by atoms with van der Waals surface area (Å²) in [5, 5.41) is 10.00. The minimum atomic E-state index is -4.76. The topological polar surface area (TPSA) is 65.9 Å². The van der Waals surface area contributed by atoms with Gasteiger partial charge in [-0.2, -0.15) is 13.2 Å². The summed E-state index contributed by atoms with van der Waals surface area (Å²) in [7, 11) is 0. The van der Waals surface area contributed by atoms with Crippen LogP contribution in [0.1, 0.15) is 50.3 Å². The number of aromatic nitrogens is 1. The Morgan fingerprint density at radius 2 is 1.92 bits per heavy atom. The predicted molar refractivity (Wildman–Crippen MR) is 139 cm³/mol. The van der Waals surface area contributed by atoms with Gasteiger partial charge in [0.1, 0.15) is 11.6 Å². The van der Waals surface area contributed by atoms with E-state index in [1.165, 1.54) is 13.8 Å². The van der Waals surface area contributed by atoms with Crippen molar-refractivity contribution in [2.24, 2.45) is 0 Å². The van der Waals surface area contributed by atoms with E-state index in [0.717, 1.165) is 54.0 Å². The summed E-state index contributed by atoms with van der Waals surface area (Å²) < 4.78 is 59.7. The van der Waals surface area contributed by atoms with Crippen molar-refractivity contribution in [2.75, 3.05) is 24.5 Å². The fourth-order valence-corrected chi connectivity index (χ4v) is 5.83. The SMILES string of the molecule is CCC[C@@H]1CN(Cc2cc(C)cc(OC(C)(C)C(=O)O)c2)CCN1c1nc2cc(F)c(C(F)(F)F)cc2s1. The zero-order valence-corrected chi connectivity index (χ0v) is 22.5. The number of aryl methyl sites for hydroxylation is 1. The lowest BCUT2D eigenvalue weighted by Crippen LogP contribution is -2.52. The zero-order valence-electron chi connectivity index (χ0n) is 21.7. The van der Waals surface area contributed by atoms with Crippen molar-refractivity contribution >= 4 is 32.7 Å². The van der Waals surface area contributed by atoms with E-state index in [0.29, 0.717) is 35.2 Å². The van der Waals surface area contributed by atoms with Crippen LogP contribution in [0.2, 0.25) is 0 Å². The molecule has 1 aromatic heterocycles. The van der Waals surface area contributed by atoms with Crippen LogP contribution in [0.3, 0.4) is 0 Å². The molecule has 1 atom stereocenters. The number of thiazole rings is 1. The molecular weight excluding hydrogens is 522 g/mol.